The highest BCUT2D eigenvalue weighted by Gasteiger charge is 2.31. The quantitative estimate of drug-likeness (QED) is 0.536. The third kappa shape index (κ3) is 6.73. The average molecular weight is 416 g/mol. The summed E-state index contributed by atoms with van der Waals surface area (Å²) in [6.07, 6.45) is -4.80. The predicted octanol–water partition coefficient (Wildman–Crippen LogP) is 5.49. The first kappa shape index (κ1) is 21.0. The van der Waals surface area contributed by atoms with Crippen LogP contribution in [0.5, 0.6) is 11.5 Å². The van der Waals surface area contributed by atoms with Crippen molar-refractivity contribution < 1.29 is 27.4 Å². The molecule has 8 heteroatoms. The van der Waals surface area contributed by atoms with Gasteiger partial charge in [0.25, 0.3) is 0 Å². The minimum atomic E-state index is -4.80. The number of anilines is 1. The van der Waals surface area contributed by atoms with Gasteiger partial charge in [-0.2, -0.15) is 0 Å². The van der Waals surface area contributed by atoms with Crippen molar-refractivity contribution >= 4 is 11.7 Å². The van der Waals surface area contributed by atoms with Crippen molar-refractivity contribution in [2.24, 2.45) is 0 Å². The van der Waals surface area contributed by atoms with Crippen LogP contribution in [0.25, 0.3) is 0 Å². The summed E-state index contributed by atoms with van der Waals surface area (Å²) in [7, 11) is 0. The molecule has 0 bridgehead atoms. The van der Waals surface area contributed by atoms with E-state index in [-0.39, 0.29) is 17.9 Å². The van der Waals surface area contributed by atoms with Gasteiger partial charge in [0.1, 0.15) is 18.1 Å². The minimum absolute atomic E-state index is 0.129. The van der Waals surface area contributed by atoms with E-state index in [4.69, 9.17) is 4.74 Å². The molecule has 3 rings (SSSR count). The maximum absolute atomic E-state index is 12.5. The van der Waals surface area contributed by atoms with Crippen LogP contribution in [-0.2, 0) is 13.2 Å². The predicted molar refractivity (Wildman–Crippen MR) is 106 cm³/mol. The Hall–Kier alpha value is -3.68. The van der Waals surface area contributed by atoms with Gasteiger partial charge in [0.15, 0.2) is 0 Å². The zero-order chi connectivity index (χ0) is 21.4. The van der Waals surface area contributed by atoms with Crippen LogP contribution >= 0.6 is 0 Å². The molecule has 3 aromatic rings. The second-order valence-electron chi connectivity index (χ2n) is 6.26. The number of hydrogen-bond donors (Lipinski definition) is 2. The van der Waals surface area contributed by atoms with Crippen LogP contribution in [0.2, 0.25) is 0 Å². The lowest BCUT2D eigenvalue weighted by Crippen LogP contribution is -2.28. The lowest BCUT2D eigenvalue weighted by atomic mass is 10.2. The fourth-order valence-corrected chi connectivity index (χ4v) is 2.60. The molecule has 156 valence electrons. The Morgan fingerprint density at radius 3 is 2.23 bits per heavy atom. The van der Waals surface area contributed by atoms with E-state index in [1.807, 2.05) is 30.3 Å². The summed E-state index contributed by atoms with van der Waals surface area (Å²) >= 11 is 0. The van der Waals surface area contributed by atoms with Crippen molar-refractivity contribution in [2.75, 3.05) is 5.32 Å². The van der Waals surface area contributed by atoms with Gasteiger partial charge >= 0.3 is 12.4 Å². The second-order valence-corrected chi connectivity index (χ2v) is 6.26. The fraction of sp³-hybridized carbons (Fsp3) is 0.136. The van der Waals surface area contributed by atoms with Gasteiger partial charge in [0.2, 0.25) is 0 Å². The highest BCUT2D eigenvalue weighted by molar-refractivity contribution is 5.89. The number of carbonyl (C=O) groups excluding carboxylic acids is 1. The molecule has 30 heavy (non-hydrogen) atoms. The van der Waals surface area contributed by atoms with Gasteiger partial charge in [0.05, 0.1) is 0 Å². The van der Waals surface area contributed by atoms with Gasteiger partial charge in [0, 0.05) is 17.8 Å². The molecule has 0 radical (unpaired) electrons. The summed E-state index contributed by atoms with van der Waals surface area (Å²) in [5.74, 6) is 0.285. The number of benzene rings is 3. The lowest BCUT2D eigenvalue weighted by Gasteiger charge is -2.14. The number of carbonyl (C=O) groups is 1. The first-order valence-corrected chi connectivity index (χ1v) is 9.04. The maximum Gasteiger partial charge on any atom is 0.573 e. The maximum atomic E-state index is 12.5. The largest absolute Gasteiger partial charge is 0.573 e. The molecule has 0 aromatic heterocycles. The second kappa shape index (κ2) is 9.69. The molecule has 0 spiro atoms. The topological polar surface area (TPSA) is 59.6 Å². The number of alkyl halides is 3. The molecular weight excluding hydrogens is 397 g/mol. The van der Waals surface area contributed by atoms with Crippen molar-refractivity contribution in [3.8, 4) is 11.5 Å². The van der Waals surface area contributed by atoms with E-state index >= 15 is 0 Å². The monoisotopic (exact) mass is 416 g/mol. The number of rotatable bonds is 7. The molecular formula is C22H19F3N2O3. The van der Waals surface area contributed by atoms with Crippen molar-refractivity contribution in [3.05, 3.63) is 90.0 Å². The molecule has 2 amide bonds. The number of ether oxygens (including phenoxy) is 2. The summed E-state index contributed by atoms with van der Waals surface area (Å²) in [6.45, 7) is 0.296. The normalized spacial score (nSPS) is 10.9. The van der Waals surface area contributed by atoms with E-state index in [2.05, 4.69) is 15.4 Å². The smallest absolute Gasteiger partial charge is 0.489 e. The number of urea groups is 1. The van der Waals surface area contributed by atoms with Crippen molar-refractivity contribution in [2.45, 2.75) is 19.5 Å². The molecule has 0 heterocycles. The molecule has 3 aromatic carbocycles. The summed E-state index contributed by atoms with van der Waals surface area (Å²) in [5.41, 5.74) is 1.75. The molecule has 0 fully saturated rings. The first-order chi connectivity index (χ1) is 14.4. The molecule has 0 aliphatic heterocycles. The lowest BCUT2D eigenvalue weighted by molar-refractivity contribution is -0.274. The van der Waals surface area contributed by atoms with Gasteiger partial charge < -0.3 is 20.1 Å². The Morgan fingerprint density at radius 2 is 1.53 bits per heavy atom. The summed E-state index contributed by atoms with van der Waals surface area (Å²) in [6, 6.07) is 21.5. The Bertz CT molecular complexity index is 961. The van der Waals surface area contributed by atoms with Gasteiger partial charge in [-0.3, -0.25) is 0 Å². The zero-order valence-electron chi connectivity index (χ0n) is 15.8. The van der Waals surface area contributed by atoms with Gasteiger partial charge in [-0.1, -0.05) is 48.5 Å². The Labute approximate surface area is 171 Å². The first-order valence-electron chi connectivity index (χ1n) is 9.04. The molecule has 0 atom stereocenters. The van der Waals surface area contributed by atoms with E-state index in [1.54, 1.807) is 30.3 Å². The van der Waals surface area contributed by atoms with Crippen molar-refractivity contribution in [3.63, 3.8) is 0 Å². The zero-order valence-corrected chi connectivity index (χ0v) is 15.8. The highest BCUT2D eigenvalue weighted by Crippen LogP contribution is 2.26. The van der Waals surface area contributed by atoms with Crippen LogP contribution in [-0.4, -0.2) is 12.4 Å². The van der Waals surface area contributed by atoms with Crippen LogP contribution in [0.4, 0.5) is 23.7 Å². The molecule has 2 N–H and O–H groups in total. The number of hydrogen-bond acceptors (Lipinski definition) is 3. The standard InChI is InChI=1S/C22H19F3N2O3/c23-22(24,25)30-20-9-5-4-8-17(20)14-26-21(28)27-18-10-12-19(13-11-18)29-15-16-6-2-1-3-7-16/h1-13H,14-15H2,(H2,26,27,28). The van der Waals surface area contributed by atoms with E-state index in [0.29, 0.717) is 18.0 Å². The molecule has 0 saturated carbocycles. The van der Waals surface area contributed by atoms with Gasteiger partial charge in [-0.15, -0.1) is 13.2 Å². The van der Waals surface area contributed by atoms with Crippen molar-refractivity contribution in [1.29, 1.82) is 0 Å². The van der Waals surface area contributed by atoms with Crippen LogP contribution in [0, 0.1) is 0 Å². The van der Waals surface area contributed by atoms with E-state index in [1.165, 1.54) is 18.2 Å². The summed E-state index contributed by atoms with van der Waals surface area (Å²) in [5, 5.41) is 5.12. The van der Waals surface area contributed by atoms with Crippen molar-refractivity contribution in [1.82, 2.24) is 5.32 Å². The molecule has 0 aliphatic rings. The Kier molecular flexibility index (Phi) is 6.79. The third-order valence-electron chi connectivity index (χ3n) is 4.00. The van der Waals surface area contributed by atoms with Crippen LogP contribution in [0.1, 0.15) is 11.1 Å². The van der Waals surface area contributed by atoms with E-state index in [9.17, 15) is 18.0 Å². The average Bonchev–Trinajstić information content (AvgIpc) is 2.72. The molecule has 0 aliphatic carbocycles. The third-order valence-corrected chi connectivity index (χ3v) is 4.00. The molecule has 5 nitrogen and oxygen atoms in total. The van der Waals surface area contributed by atoms with E-state index < -0.39 is 12.4 Å². The van der Waals surface area contributed by atoms with Crippen LogP contribution < -0.4 is 20.1 Å². The summed E-state index contributed by atoms with van der Waals surface area (Å²) < 4.78 is 47.0. The number of nitrogens with one attached hydrogen (secondary N) is 2. The Balaban J connectivity index is 1.49. The van der Waals surface area contributed by atoms with Crippen LogP contribution in [0.3, 0.4) is 0 Å². The fourth-order valence-electron chi connectivity index (χ4n) is 2.60. The number of halogens is 3. The summed E-state index contributed by atoms with van der Waals surface area (Å²) in [4.78, 5) is 12.1. The minimum Gasteiger partial charge on any atom is -0.489 e. The molecule has 0 unspecified atom stereocenters. The molecule has 0 saturated heterocycles. The highest BCUT2D eigenvalue weighted by atomic mass is 19.4. The van der Waals surface area contributed by atoms with Gasteiger partial charge in [-0.25, -0.2) is 4.79 Å². The van der Waals surface area contributed by atoms with E-state index in [0.717, 1.165) is 5.56 Å². The SMILES string of the molecule is O=C(NCc1ccccc1OC(F)(F)F)Nc1ccc(OCc2ccccc2)cc1. The number of amides is 2. The van der Waals surface area contributed by atoms with Gasteiger partial charge in [-0.05, 0) is 35.9 Å². The van der Waals surface area contributed by atoms with Crippen LogP contribution in [0.15, 0.2) is 78.9 Å². The Morgan fingerprint density at radius 1 is 0.867 bits per heavy atom. The number of para-hydroxylation sites is 1.